The predicted molar refractivity (Wildman–Crippen MR) is 103 cm³/mol. The Morgan fingerprint density at radius 2 is 1.81 bits per heavy atom. The summed E-state index contributed by atoms with van der Waals surface area (Å²) in [5.41, 5.74) is 0.576. The first-order valence-corrected chi connectivity index (χ1v) is 9.26. The number of amides is 2. The smallest absolute Gasteiger partial charge is 0.412 e. The number of rotatable bonds is 4. The van der Waals surface area contributed by atoms with Gasteiger partial charge in [0.15, 0.2) is 0 Å². The molecular weight excluding hydrogens is 330 g/mol. The number of hydrogen-bond acceptors (Lipinski definition) is 4. The molecule has 0 atom stereocenters. The zero-order valence-electron chi connectivity index (χ0n) is 16.5. The van der Waals surface area contributed by atoms with Gasteiger partial charge in [0, 0.05) is 44.0 Å². The van der Waals surface area contributed by atoms with Crippen LogP contribution in [0.4, 0.5) is 10.5 Å². The molecule has 26 heavy (non-hydrogen) atoms. The summed E-state index contributed by atoms with van der Waals surface area (Å²) >= 11 is 0. The minimum atomic E-state index is -0.562. The summed E-state index contributed by atoms with van der Waals surface area (Å²) < 4.78 is 5.25. The Bertz CT molecular complexity index is 629. The molecule has 6 nitrogen and oxygen atoms in total. The van der Waals surface area contributed by atoms with E-state index in [4.69, 9.17) is 4.74 Å². The Labute approximate surface area is 156 Å². The fraction of sp³-hybridized carbons (Fsp3) is 0.600. The Morgan fingerprint density at radius 1 is 1.15 bits per heavy atom. The van der Waals surface area contributed by atoms with Gasteiger partial charge in [-0.05, 0) is 44.9 Å². The molecule has 0 aromatic heterocycles. The van der Waals surface area contributed by atoms with Gasteiger partial charge in [-0.3, -0.25) is 15.0 Å². The minimum Gasteiger partial charge on any atom is -0.444 e. The summed E-state index contributed by atoms with van der Waals surface area (Å²) in [6.07, 6.45) is -0.524. The fourth-order valence-electron chi connectivity index (χ4n) is 2.98. The van der Waals surface area contributed by atoms with Crippen molar-refractivity contribution in [2.75, 3.05) is 38.0 Å². The zero-order valence-corrected chi connectivity index (χ0v) is 16.5. The zero-order chi connectivity index (χ0) is 19.3. The molecule has 0 saturated carbocycles. The lowest BCUT2D eigenvalue weighted by atomic mass is 10.1. The Kier molecular flexibility index (Phi) is 6.64. The van der Waals surface area contributed by atoms with Crippen molar-refractivity contribution in [2.45, 2.75) is 40.2 Å². The van der Waals surface area contributed by atoms with Crippen LogP contribution >= 0.6 is 0 Å². The number of anilines is 1. The molecule has 0 spiro atoms. The monoisotopic (exact) mass is 361 g/mol. The average molecular weight is 361 g/mol. The van der Waals surface area contributed by atoms with Crippen LogP contribution in [0.2, 0.25) is 0 Å². The Hall–Kier alpha value is -2.08. The lowest BCUT2D eigenvalue weighted by molar-refractivity contribution is 0.0616. The van der Waals surface area contributed by atoms with Crippen LogP contribution in [0.25, 0.3) is 0 Å². The first kappa shape index (κ1) is 20.2. The second-order valence-corrected chi connectivity index (χ2v) is 8.19. The van der Waals surface area contributed by atoms with Crippen molar-refractivity contribution in [3.63, 3.8) is 0 Å². The molecule has 2 amide bonds. The fourth-order valence-corrected chi connectivity index (χ4v) is 2.98. The minimum absolute atomic E-state index is 0.00188. The summed E-state index contributed by atoms with van der Waals surface area (Å²) in [5.74, 6) is 0.634. The summed E-state index contributed by atoms with van der Waals surface area (Å²) in [4.78, 5) is 28.9. The second-order valence-electron chi connectivity index (χ2n) is 8.19. The highest BCUT2D eigenvalue weighted by Crippen LogP contribution is 2.16. The number of nitrogens with zero attached hydrogens (tertiary/aromatic N) is 2. The summed E-state index contributed by atoms with van der Waals surface area (Å²) in [5, 5.41) is 2.69. The van der Waals surface area contributed by atoms with Crippen molar-refractivity contribution >= 4 is 17.7 Å². The molecule has 144 valence electrons. The predicted octanol–water partition coefficient (Wildman–Crippen LogP) is 3.45. The third-order valence-electron chi connectivity index (χ3n) is 4.04. The number of carbonyl (C=O) groups excluding carboxylic acids is 2. The van der Waals surface area contributed by atoms with E-state index in [0.29, 0.717) is 17.2 Å². The lowest BCUT2D eigenvalue weighted by Crippen LogP contribution is -2.49. The van der Waals surface area contributed by atoms with Crippen LogP contribution in [0.1, 0.15) is 45.0 Å². The van der Waals surface area contributed by atoms with Crippen LogP contribution in [0.15, 0.2) is 24.3 Å². The highest BCUT2D eigenvalue weighted by molar-refractivity contribution is 5.96. The van der Waals surface area contributed by atoms with E-state index in [2.05, 4.69) is 24.1 Å². The van der Waals surface area contributed by atoms with Gasteiger partial charge in [0.1, 0.15) is 5.60 Å². The molecule has 1 saturated heterocycles. The van der Waals surface area contributed by atoms with Gasteiger partial charge in [0.05, 0.1) is 0 Å². The van der Waals surface area contributed by atoms with E-state index in [-0.39, 0.29) is 5.91 Å². The Balaban J connectivity index is 1.95. The molecule has 0 unspecified atom stereocenters. The van der Waals surface area contributed by atoms with Crippen LogP contribution in [0.5, 0.6) is 0 Å². The maximum atomic E-state index is 12.8. The molecule has 0 radical (unpaired) electrons. The van der Waals surface area contributed by atoms with Crippen LogP contribution in [0.3, 0.4) is 0 Å². The molecule has 1 fully saturated rings. The van der Waals surface area contributed by atoms with E-state index in [1.54, 1.807) is 24.3 Å². The molecule has 0 bridgehead atoms. The van der Waals surface area contributed by atoms with Crippen molar-refractivity contribution in [3.8, 4) is 0 Å². The number of ether oxygens (including phenoxy) is 1. The van der Waals surface area contributed by atoms with Crippen molar-refractivity contribution in [1.29, 1.82) is 0 Å². The van der Waals surface area contributed by atoms with Crippen LogP contribution < -0.4 is 5.32 Å². The third-order valence-corrected chi connectivity index (χ3v) is 4.04. The highest BCUT2D eigenvalue weighted by atomic mass is 16.6. The number of nitrogens with one attached hydrogen (secondary N) is 1. The molecule has 1 N–H and O–H groups in total. The van der Waals surface area contributed by atoms with Gasteiger partial charge in [-0.25, -0.2) is 4.79 Å². The molecular formula is C20H31N3O3. The third kappa shape index (κ3) is 6.33. The lowest BCUT2D eigenvalue weighted by Gasteiger charge is -2.35. The standard InChI is InChI=1S/C20H31N3O3/c1-15(2)14-22-9-11-23(12-10-22)18(24)16-7-6-8-17(13-16)21-19(25)26-20(3,4)5/h6-8,13,15H,9-12,14H2,1-5H3,(H,21,25). The molecule has 2 rings (SSSR count). The first-order valence-electron chi connectivity index (χ1n) is 9.26. The van der Waals surface area contributed by atoms with E-state index >= 15 is 0 Å². The van der Waals surface area contributed by atoms with Gasteiger partial charge in [-0.2, -0.15) is 0 Å². The van der Waals surface area contributed by atoms with Crippen molar-refractivity contribution in [2.24, 2.45) is 5.92 Å². The summed E-state index contributed by atoms with van der Waals surface area (Å²) in [6.45, 7) is 14.2. The quantitative estimate of drug-likeness (QED) is 0.892. The average Bonchev–Trinajstić information content (AvgIpc) is 2.52. The maximum absolute atomic E-state index is 12.8. The van der Waals surface area contributed by atoms with Crippen molar-refractivity contribution in [3.05, 3.63) is 29.8 Å². The summed E-state index contributed by atoms with van der Waals surface area (Å²) in [7, 11) is 0. The van der Waals surface area contributed by atoms with Crippen molar-refractivity contribution in [1.82, 2.24) is 9.80 Å². The SMILES string of the molecule is CC(C)CN1CCN(C(=O)c2cccc(NC(=O)OC(C)(C)C)c2)CC1. The van der Waals surface area contributed by atoms with Gasteiger partial charge >= 0.3 is 6.09 Å². The molecule has 0 aliphatic carbocycles. The van der Waals surface area contributed by atoms with Crippen LogP contribution in [0, 0.1) is 5.92 Å². The topological polar surface area (TPSA) is 61.9 Å². The number of benzene rings is 1. The van der Waals surface area contributed by atoms with Gasteiger partial charge in [-0.15, -0.1) is 0 Å². The number of carbonyl (C=O) groups is 2. The molecule has 1 aliphatic heterocycles. The van der Waals surface area contributed by atoms with Gasteiger partial charge in [0.25, 0.3) is 5.91 Å². The van der Waals surface area contributed by atoms with Crippen LogP contribution in [-0.2, 0) is 4.74 Å². The molecule has 1 aromatic carbocycles. The Morgan fingerprint density at radius 3 is 2.38 bits per heavy atom. The number of piperazine rings is 1. The van der Waals surface area contributed by atoms with E-state index in [1.165, 1.54) is 0 Å². The van der Waals surface area contributed by atoms with Gasteiger partial charge in [0.2, 0.25) is 0 Å². The van der Waals surface area contributed by atoms with E-state index in [0.717, 1.165) is 32.7 Å². The van der Waals surface area contributed by atoms with E-state index in [9.17, 15) is 9.59 Å². The highest BCUT2D eigenvalue weighted by Gasteiger charge is 2.23. The van der Waals surface area contributed by atoms with Crippen molar-refractivity contribution < 1.29 is 14.3 Å². The first-order chi connectivity index (χ1) is 12.1. The van der Waals surface area contributed by atoms with E-state index < -0.39 is 11.7 Å². The van der Waals surface area contributed by atoms with Crippen LogP contribution in [-0.4, -0.2) is 60.1 Å². The molecule has 1 heterocycles. The maximum Gasteiger partial charge on any atom is 0.412 e. The molecule has 1 aromatic rings. The molecule has 1 aliphatic rings. The second kappa shape index (κ2) is 8.54. The largest absolute Gasteiger partial charge is 0.444 e. The molecule has 6 heteroatoms. The van der Waals surface area contributed by atoms with E-state index in [1.807, 2.05) is 25.7 Å². The number of hydrogen-bond donors (Lipinski definition) is 1. The van der Waals surface area contributed by atoms with Gasteiger partial charge < -0.3 is 9.64 Å². The summed E-state index contributed by atoms with van der Waals surface area (Å²) in [6, 6.07) is 7.01. The van der Waals surface area contributed by atoms with Gasteiger partial charge in [-0.1, -0.05) is 19.9 Å². The normalized spacial score (nSPS) is 15.8.